The van der Waals surface area contributed by atoms with Crippen LogP contribution in [-0.4, -0.2) is 88.4 Å². The van der Waals surface area contributed by atoms with Crippen molar-refractivity contribution < 1.29 is 14.6 Å². The highest BCUT2D eigenvalue weighted by atomic mass is 79.9. The Balaban J connectivity index is 1.32. The molecule has 1 amide bonds. The van der Waals surface area contributed by atoms with Gasteiger partial charge in [-0.05, 0) is 47.7 Å². The van der Waals surface area contributed by atoms with Crippen LogP contribution in [0.2, 0.25) is 5.02 Å². The molecule has 12 heteroatoms. The molecule has 4 N–H and O–H groups in total. The summed E-state index contributed by atoms with van der Waals surface area (Å²) in [6, 6.07) is 2.53. The molecule has 2 saturated heterocycles. The van der Waals surface area contributed by atoms with Gasteiger partial charge in [-0.3, -0.25) is 9.78 Å². The Morgan fingerprint density at radius 1 is 1.29 bits per heavy atom. The molecule has 3 fully saturated rings. The summed E-state index contributed by atoms with van der Waals surface area (Å²) in [5.41, 5.74) is 0.132. The predicted molar refractivity (Wildman–Crippen MR) is 133 cm³/mol. The van der Waals surface area contributed by atoms with Gasteiger partial charge in [-0.25, -0.2) is 9.78 Å². The van der Waals surface area contributed by atoms with Crippen molar-refractivity contribution in [1.29, 1.82) is 0 Å². The van der Waals surface area contributed by atoms with E-state index < -0.39 is 6.09 Å². The number of anilines is 1. The molecule has 1 unspecified atom stereocenters. The van der Waals surface area contributed by atoms with Gasteiger partial charge >= 0.3 is 6.09 Å². The number of fused-ring (bicyclic) bond motifs is 1. The normalized spacial score (nSPS) is 22.2. The number of benzene rings is 1. The van der Waals surface area contributed by atoms with Crippen LogP contribution in [0.15, 0.2) is 15.3 Å². The first kappa shape index (κ1) is 23.7. The molecule has 1 aliphatic carbocycles. The number of piperidine rings is 1. The second-order valence-corrected chi connectivity index (χ2v) is 10.4. The van der Waals surface area contributed by atoms with Gasteiger partial charge in [0.1, 0.15) is 12.0 Å². The minimum atomic E-state index is -0.962. The fraction of sp³-hybridized carbons (Fsp3) is 0.591. The third kappa shape index (κ3) is 5.12. The smallest absolute Gasteiger partial charge is 0.407 e. The number of halogens is 2. The molecule has 0 radical (unpaired) electrons. The lowest BCUT2D eigenvalue weighted by Gasteiger charge is -2.32. The lowest BCUT2D eigenvalue weighted by Crippen LogP contribution is -2.54. The Bertz CT molecular complexity index is 1130. The fourth-order valence-electron chi connectivity index (χ4n) is 4.76. The van der Waals surface area contributed by atoms with Gasteiger partial charge in [-0.15, -0.1) is 0 Å². The van der Waals surface area contributed by atoms with E-state index in [2.05, 4.69) is 41.4 Å². The molecule has 1 aromatic carbocycles. The molecule has 2 aromatic rings. The zero-order chi connectivity index (χ0) is 23.8. The van der Waals surface area contributed by atoms with Crippen molar-refractivity contribution in [2.75, 3.05) is 44.6 Å². The van der Waals surface area contributed by atoms with E-state index in [1.54, 1.807) is 6.07 Å². The highest BCUT2D eigenvalue weighted by Crippen LogP contribution is 2.38. The zero-order valence-electron chi connectivity index (χ0n) is 18.6. The molecular formula is C22H28BrClN6O4. The van der Waals surface area contributed by atoms with E-state index in [9.17, 15) is 14.7 Å². The number of likely N-dealkylation sites (tertiary alicyclic amines) is 1. The Kier molecular flexibility index (Phi) is 6.88. The maximum absolute atomic E-state index is 13.1. The minimum absolute atomic E-state index is 0.161. The Morgan fingerprint density at radius 2 is 2.06 bits per heavy atom. The number of aromatic amines is 1. The highest BCUT2D eigenvalue weighted by Gasteiger charge is 2.32. The van der Waals surface area contributed by atoms with Crippen LogP contribution in [0.1, 0.15) is 25.7 Å². The van der Waals surface area contributed by atoms with Crippen LogP contribution < -0.4 is 20.9 Å². The van der Waals surface area contributed by atoms with Crippen molar-refractivity contribution in [3.63, 3.8) is 0 Å². The van der Waals surface area contributed by atoms with Gasteiger partial charge in [0, 0.05) is 49.3 Å². The molecule has 184 valence electrons. The number of hydrogen-bond donors (Lipinski definition) is 4. The van der Waals surface area contributed by atoms with E-state index in [-0.39, 0.29) is 40.4 Å². The average molecular weight is 556 g/mol. The molecular weight excluding hydrogens is 528 g/mol. The number of ether oxygens (including phenoxy) is 1. The largest absolute Gasteiger partial charge is 0.489 e. The molecule has 2 aliphatic heterocycles. The van der Waals surface area contributed by atoms with Gasteiger partial charge < -0.3 is 30.3 Å². The quantitative estimate of drug-likeness (QED) is 0.429. The molecule has 1 saturated carbocycles. The Hall–Kier alpha value is -2.08. The van der Waals surface area contributed by atoms with E-state index in [0.717, 1.165) is 32.0 Å². The van der Waals surface area contributed by atoms with E-state index in [1.807, 2.05) is 0 Å². The molecule has 10 nitrogen and oxygen atoms in total. The summed E-state index contributed by atoms with van der Waals surface area (Å²) < 4.78 is 6.55. The molecule has 1 atom stereocenters. The number of rotatable bonds is 6. The third-order valence-electron chi connectivity index (χ3n) is 6.74. The summed E-state index contributed by atoms with van der Waals surface area (Å²) in [6.07, 6.45) is 3.69. The van der Waals surface area contributed by atoms with Gasteiger partial charge in [0.05, 0.1) is 16.6 Å². The molecule has 1 aromatic heterocycles. The van der Waals surface area contributed by atoms with Gasteiger partial charge in [0.25, 0.3) is 5.56 Å². The molecule has 34 heavy (non-hydrogen) atoms. The van der Waals surface area contributed by atoms with Crippen molar-refractivity contribution in [3.05, 3.63) is 25.9 Å². The first-order valence-electron chi connectivity index (χ1n) is 11.7. The first-order chi connectivity index (χ1) is 16.4. The summed E-state index contributed by atoms with van der Waals surface area (Å²) in [5.74, 6) is 0.673. The van der Waals surface area contributed by atoms with E-state index in [4.69, 9.17) is 16.3 Å². The Morgan fingerprint density at radius 3 is 2.76 bits per heavy atom. The van der Waals surface area contributed by atoms with Crippen LogP contribution in [0.4, 0.5) is 10.7 Å². The van der Waals surface area contributed by atoms with Crippen LogP contribution >= 0.6 is 27.5 Å². The SMILES string of the molecule is O=C(O)N1CCNC(COc2c(Cl)c(Br)cc3nc(NC4CCN(C5CC5)CC4)[nH]c(=O)c23)C1. The topological polar surface area (TPSA) is 123 Å². The second-order valence-electron chi connectivity index (χ2n) is 9.19. The summed E-state index contributed by atoms with van der Waals surface area (Å²) >= 11 is 9.93. The molecule has 3 aliphatic rings. The number of carbonyl (C=O) groups is 1. The van der Waals surface area contributed by atoms with E-state index >= 15 is 0 Å². The van der Waals surface area contributed by atoms with Gasteiger partial charge in [0.2, 0.25) is 5.95 Å². The second kappa shape index (κ2) is 9.88. The number of H-pyrrole nitrogens is 1. The lowest BCUT2D eigenvalue weighted by atomic mass is 10.1. The summed E-state index contributed by atoms with van der Waals surface area (Å²) in [7, 11) is 0. The molecule has 0 bridgehead atoms. The average Bonchev–Trinajstić information content (AvgIpc) is 3.66. The van der Waals surface area contributed by atoms with E-state index in [0.29, 0.717) is 35.6 Å². The predicted octanol–water partition coefficient (Wildman–Crippen LogP) is 2.71. The number of aromatic nitrogens is 2. The van der Waals surface area contributed by atoms with Gasteiger partial charge in [0.15, 0.2) is 5.75 Å². The highest BCUT2D eigenvalue weighted by molar-refractivity contribution is 9.10. The minimum Gasteiger partial charge on any atom is -0.489 e. The van der Waals surface area contributed by atoms with Crippen LogP contribution in [-0.2, 0) is 0 Å². The number of nitrogens with zero attached hydrogens (tertiary/aromatic N) is 3. The van der Waals surface area contributed by atoms with Crippen LogP contribution in [0, 0.1) is 0 Å². The zero-order valence-corrected chi connectivity index (χ0v) is 21.0. The van der Waals surface area contributed by atoms with Gasteiger partial charge in [-0.1, -0.05) is 11.6 Å². The summed E-state index contributed by atoms with van der Waals surface area (Å²) in [6.45, 7) is 3.53. The number of carboxylic acid groups (broad SMARTS) is 1. The number of hydrogen-bond acceptors (Lipinski definition) is 7. The third-order valence-corrected chi connectivity index (χ3v) is 7.96. The maximum Gasteiger partial charge on any atom is 0.407 e. The maximum atomic E-state index is 13.1. The van der Waals surface area contributed by atoms with Crippen molar-refractivity contribution in [2.24, 2.45) is 0 Å². The number of piperazine rings is 1. The molecule has 5 rings (SSSR count). The van der Waals surface area contributed by atoms with E-state index in [1.165, 1.54) is 17.7 Å². The fourth-order valence-corrected chi connectivity index (χ4v) is 5.36. The van der Waals surface area contributed by atoms with Crippen molar-refractivity contribution >= 4 is 50.5 Å². The van der Waals surface area contributed by atoms with Crippen molar-refractivity contribution in [3.8, 4) is 5.75 Å². The Labute approximate surface area is 210 Å². The van der Waals surface area contributed by atoms with Gasteiger partial charge in [-0.2, -0.15) is 0 Å². The van der Waals surface area contributed by atoms with Crippen molar-refractivity contribution in [2.45, 2.75) is 43.8 Å². The summed E-state index contributed by atoms with van der Waals surface area (Å²) in [5, 5.41) is 16.4. The summed E-state index contributed by atoms with van der Waals surface area (Å²) in [4.78, 5) is 35.7. The van der Waals surface area contributed by atoms with Crippen LogP contribution in [0.25, 0.3) is 10.9 Å². The molecule has 3 heterocycles. The van der Waals surface area contributed by atoms with Crippen LogP contribution in [0.5, 0.6) is 5.75 Å². The standard InChI is InChI=1S/C22H28BrClN6O4/c23-15-9-16-17(19(18(15)24)34-11-13-10-30(22(32)33)8-5-25-13)20(31)28-21(27-16)26-12-3-6-29(7-4-12)14-1-2-14/h9,12-14,25H,1-8,10-11H2,(H,32,33)(H2,26,27,28,31). The lowest BCUT2D eigenvalue weighted by molar-refractivity contribution is 0.118. The number of nitrogens with one attached hydrogen (secondary N) is 3. The first-order valence-corrected chi connectivity index (χ1v) is 12.8. The number of amides is 1. The molecule has 0 spiro atoms. The monoisotopic (exact) mass is 554 g/mol. The van der Waals surface area contributed by atoms with Crippen molar-refractivity contribution in [1.82, 2.24) is 25.1 Å². The van der Waals surface area contributed by atoms with Crippen LogP contribution in [0.3, 0.4) is 0 Å².